The number of aliphatic hydroxyl groups excluding tert-OH is 2. The number of aliphatic hydroxyl groups is 2. The molecular weight excluding hydrogens is 366 g/mol. The molecule has 0 amide bonds. The van der Waals surface area contributed by atoms with Gasteiger partial charge in [0.05, 0.1) is 13.2 Å². The third-order valence-corrected chi connectivity index (χ3v) is 4.48. The second-order valence-corrected chi connectivity index (χ2v) is 6.44. The summed E-state index contributed by atoms with van der Waals surface area (Å²) in [4.78, 5) is 0. The standard InChI is InChI=1S/C16H18ClN3O4S/c1-2-7-23-15-13(22)12(21)11(24-15)8-20-14(18-19-16(20)25)9-3-5-10(17)6-4-9/h2-6,11-13,15,21-22H,1,7-8H2,(H,19,25)/t11-,12-,13-,15-/m1/s1. The highest BCUT2D eigenvalue weighted by Gasteiger charge is 2.43. The second-order valence-electron chi connectivity index (χ2n) is 5.62. The van der Waals surface area contributed by atoms with E-state index in [0.717, 1.165) is 5.56 Å². The maximum Gasteiger partial charge on any atom is 0.195 e. The molecule has 1 aromatic heterocycles. The van der Waals surface area contributed by atoms with Crippen molar-refractivity contribution in [3.63, 3.8) is 0 Å². The van der Waals surface area contributed by atoms with Gasteiger partial charge in [0, 0.05) is 10.6 Å². The highest BCUT2D eigenvalue weighted by molar-refractivity contribution is 7.71. The summed E-state index contributed by atoms with van der Waals surface area (Å²) in [6.07, 6.45) is -2.33. The smallest absolute Gasteiger partial charge is 0.195 e. The van der Waals surface area contributed by atoms with Crippen LogP contribution in [0.25, 0.3) is 11.4 Å². The molecule has 2 aromatic rings. The number of halogens is 1. The van der Waals surface area contributed by atoms with Crippen molar-refractivity contribution in [1.29, 1.82) is 0 Å². The van der Waals surface area contributed by atoms with Crippen LogP contribution in [-0.4, -0.2) is 56.2 Å². The number of benzene rings is 1. The number of nitrogens with one attached hydrogen (secondary N) is 1. The molecule has 0 spiro atoms. The average Bonchev–Trinajstić information content (AvgIpc) is 3.09. The van der Waals surface area contributed by atoms with Gasteiger partial charge in [0.15, 0.2) is 16.9 Å². The SMILES string of the molecule is C=CCO[C@@H]1O[C@H](Cn2c(-c3ccc(Cl)cc3)n[nH]c2=S)[C@@H](O)[C@H]1O. The number of nitrogens with zero attached hydrogens (tertiary/aromatic N) is 2. The predicted octanol–water partition coefficient (Wildman–Crippen LogP) is 1.91. The van der Waals surface area contributed by atoms with Gasteiger partial charge in [-0.3, -0.25) is 9.67 Å². The summed E-state index contributed by atoms with van der Waals surface area (Å²) in [6.45, 7) is 3.96. The van der Waals surface area contributed by atoms with Gasteiger partial charge in [-0.1, -0.05) is 17.7 Å². The van der Waals surface area contributed by atoms with Crippen LogP contribution in [0.2, 0.25) is 5.02 Å². The molecule has 1 fully saturated rings. The van der Waals surface area contributed by atoms with Gasteiger partial charge in [0.1, 0.15) is 18.3 Å². The molecule has 1 aliphatic heterocycles. The highest BCUT2D eigenvalue weighted by atomic mass is 35.5. The fourth-order valence-corrected chi connectivity index (χ4v) is 2.98. The summed E-state index contributed by atoms with van der Waals surface area (Å²) in [5.74, 6) is 0.586. The van der Waals surface area contributed by atoms with Gasteiger partial charge in [-0.2, -0.15) is 5.10 Å². The van der Waals surface area contributed by atoms with E-state index in [2.05, 4.69) is 16.8 Å². The topological polar surface area (TPSA) is 92.5 Å². The van der Waals surface area contributed by atoms with Crippen LogP contribution in [0.3, 0.4) is 0 Å². The van der Waals surface area contributed by atoms with Gasteiger partial charge in [-0.15, -0.1) is 6.58 Å². The Morgan fingerprint density at radius 1 is 1.36 bits per heavy atom. The molecular formula is C16H18ClN3O4S. The Labute approximate surface area is 154 Å². The zero-order valence-corrected chi connectivity index (χ0v) is 14.8. The van der Waals surface area contributed by atoms with Gasteiger partial charge in [-0.25, -0.2) is 0 Å². The summed E-state index contributed by atoms with van der Waals surface area (Å²) in [7, 11) is 0. The number of hydrogen-bond acceptors (Lipinski definition) is 6. The number of aromatic amines is 1. The van der Waals surface area contributed by atoms with Crippen LogP contribution in [0.1, 0.15) is 0 Å². The van der Waals surface area contributed by atoms with E-state index in [1.807, 2.05) is 12.1 Å². The van der Waals surface area contributed by atoms with E-state index in [-0.39, 0.29) is 13.2 Å². The monoisotopic (exact) mass is 383 g/mol. The molecule has 1 saturated heterocycles. The summed E-state index contributed by atoms with van der Waals surface area (Å²) >= 11 is 11.2. The Bertz CT molecular complexity index is 791. The normalized spacial score (nSPS) is 26.0. The Kier molecular flexibility index (Phi) is 5.67. The van der Waals surface area contributed by atoms with E-state index in [1.54, 1.807) is 22.8 Å². The lowest BCUT2D eigenvalue weighted by molar-refractivity contribution is -0.160. The first-order valence-corrected chi connectivity index (χ1v) is 8.45. The number of rotatable bonds is 6. The molecule has 1 aliphatic rings. The molecule has 1 aromatic carbocycles. The van der Waals surface area contributed by atoms with Crippen molar-refractivity contribution in [3.8, 4) is 11.4 Å². The first kappa shape index (κ1) is 18.2. The van der Waals surface area contributed by atoms with Crippen LogP contribution in [0.15, 0.2) is 36.9 Å². The third-order valence-electron chi connectivity index (χ3n) is 3.92. The number of aromatic nitrogens is 3. The van der Waals surface area contributed by atoms with Crippen LogP contribution in [-0.2, 0) is 16.0 Å². The van der Waals surface area contributed by atoms with Crippen molar-refractivity contribution >= 4 is 23.8 Å². The maximum absolute atomic E-state index is 10.2. The molecule has 0 unspecified atom stereocenters. The number of hydrogen-bond donors (Lipinski definition) is 3. The first-order chi connectivity index (χ1) is 12.0. The molecule has 3 rings (SSSR count). The zero-order valence-electron chi connectivity index (χ0n) is 13.2. The Morgan fingerprint density at radius 3 is 2.76 bits per heavy atom. The molecule has 3 N–H and O–H groups in total. The van der Waals surface area contributed by atoms with Crippen LogP contribution in [0, 0.1) is 4.77 Å². The molecule has 4 atom stereocenters. The summed E-state index contributed by atoms with van der Waals surface area (Å²) in [5.41, 5.74) is 0.809. The molecule has 0 aliphatic carbocycles. The van der Waals surface area contributed by atoms with Gasteiger partial charge in [0.25, 0.3) is 0 Å². The zero-order chi connectivity index (χ0) is 18.0. The van der Waals surface area contributed by atoms with Crippen molar-refractivity contribution in [3.05, 3.63) is 46.7 Å². The fourth-order valence-electron chi connectivity index (χ4n) is 2.65. The first-order valence-electron chi connectivity index (χ1n) is 7.66. The van der Waals surface area contributed by atoms with E-state index < -0.39 is 24.6 Å². The largest absolute Gasteiger partial charge is 0.387 e. The summed E-state index contributed by atoms with van der Waals surface area (Å²) in [6, 6.07) is 7.15. The minimum atomic E-state index is -1.15. The lowest BCUT2D eigenvalue weighted by atomic mass is 10.1. The van der Waals surface area contributed by atoms with Crippen molar-refractivity contribution in [2.75, 3.05) is 6.61 Å². The molecule has 25 heavy (non-hydrogen) atoms. The Hall–Kier alpha value is -1.55. The van der Waals surface area contributed by atoms with E-state index in [1.165, 1.54) is 0 Å². The average molecular weight is 384 g/mol. The Balaban J connectivity index is 1.81. The van der Waals surface area contributed by atoms with Crippen LogP contribution in [0.4, 0.5) is 0 Å². The molecule has 9 heteroatoms. The van der Waals surface area contributed by atoms with Crippen molar-refractivity contribution in [2.45, 2.75) is 31.1 Å². The fraction of sp³-hybridized carbons (Fsp3) is 0.375. The summed E-state index contributed by atoms with van der Waals surface area (Å²) < 4.78 is 13.0. The van der Waals surface area contributed by atoms with Crippen LogP contribution in [0.5, 0.6) is 0 Å². The number of ether oxygens (including phenoxy) is 2. The molecule has 7 nitrogen and oxygen atoms in total. The van der Waals surface area contributed by atoms with Gasteiger partial charge < -0.3 is 19.7 Å². The van der Waals surface area contributed by atoms with E-state index in [0.29, 0.717) is 15.6 Å². The third kappa shape index (κ3) is 3.84. The second kappa shape index (κ2) is 7.77. The van der Waals surface area contributed by atoms with Crippen molar-refractivity contribution < 1.29 is 19.7 Å². The van der Waals surface area contributed by atoms with Crippen molar-refractivity contribution in [1.82, 2.24) is 14.8 Å². The van der Waals surface area contributed by atoms with Crippen LogP contribution >= 0.6 is 23.8 Å². The Morgan fingerprint density at radius 2 is 2.08 bits per heavy atom. The predicted molar refractivity (Wildman–Crippen MR) is 94.7 cm³/mol. The summed E-state index contributed by atoms with van der Waals surface area (Å²) in [5, 5.41) is 27.9. The maximum atomic E-state index is 10.2. The van der Waals surface area contributed by atoms with Crippen LogP contribution < -0.4 is 0 Å². The molecule has 0 saturated carbocycles. The van der Waals surface area contributed by atoms with E-state index >= 15 is 0 Å². The quantitative estimate of drug-likeness (QED) is 0.521. The minimum Gasteiger partial charge on any atom is -0.387 e. The lowest BCUT2D eigenvalue weighted by Gasteiger charge is -2.16. The van der Waals surface area contributed by atoms with Gasteiger partial charge in [-0.05, 0) is 36.5 Å². The lowest BCUT2D eigenvalue weighted by Crippen LogP contribution is -2.35. The molecule has 2 heterocycles. The van der Waals surface area contributed by atoms with Gasteiger partial charge >= 0.3 is 0 Å². The molecule has 0 bridgehead atoms. The van der Waals surface area contributed by atoms with Crippen molar-refractivity contribution in [2.24, 2.45) is 0 Å². The molecule has 134 valence electrons. The number of H-pyrrole nitrogens is 1. The minimum absolute atomic E-state index is 0.208. The highest BCUT2D eigenvalue weighted by Crippen LogP contribution is 2.26. The van der Waals surface area contributed by atoms with E-state index in [4.69, 9.17) is 33.3 Å². The van der Waals surface area contributed by atoms with Gasteiger partial charge in [0.2, 0.25) is 0 Å². The molecule has 0 radical (unpaired) electrons. The van der Waals surface area contributed by atoms with E-state index in [9.17, 15) is 10.2 Å².